The van der Waals surface area contributed by atoms with Gasteiger partial charge in [0.05, 0.1) is 45.4 Å². The summed E-state index contributed by atoms with van der Waals surface area (Å²) in [5.41, 5.74) is 6.81. The van der Waals surface area contributed by atoms with Gasteiger partial charge in [0.25, 0.3) is 0 Å². The van der Waals surface area contributed by atoms with Crippen molar-refractivity contribution in [1.29, 1.82) is 0 Å². The second-order valence-corrected chi connectivity index (χ2v) is 18.9. The predicted molar refractivity (Wildman–Crippen MR) is 276 cm³/mol. The minimum atomic E-state index is -1.17. The third-order valence-corrected chi connectivity index (χ3v) is 12.2. The summed E-state index contributed by atoms with van der Waals surface area (Å²) >= 11 is 0. The molecule has 0 unspecified atom stereocenters. The molecule has 1 aromatic heterocycles. The summed E-state index contributed by atoms with van der Waals surface area (Å²) in [6, 6.07) is -1.90. The van der Waals surface area contributed by atoms with E-state index in [1.807, 2.05) is 0 Å². The van der Waals surface area contributed by atoms with Gasteiger partial charge in [-0.3, -0.25) is 33.6 Å². The average molecular weight is 1050 g/mol. The Balaban J connectivity index is 1.99. The van der Waals surface area contributed by atoms with Gasteiger partial charge in [-0.05, 0) is 45.4 Å². The highest BCUT2D eigenvalue weighted by atomic mass is 16.5. The number of nitrogens with zero attached hydrogens (tertiary/aromatic N) is 1. The first-order chi connectivity index (χ1) is 35.7. The molecule has 0 fully saturated rings. The number of ether oxygens (including phenoxy) is 4. The highest BCUT2D eigenvalue weighted by Gasteiger charge is 2.25. The zero-order chi connectivity index (χ0) is 54.4. The number of amides is 3. The van der Waals surface area contributed by atoms with Crippen molar-refractivity contribution in [3.05, 3.63) is 18.2 Å². The number of hydrogen-bond acceptors (Lipinski definition) is 15. The van der Waals surface area contributed by atoms with Crippen LogP contribution in [0.2, 0.25) is 0 Å². The number of carbonyl (C=O) groups is 9. The normalized spacial score (nSPS) is 12.4. The van der Waals surface area contributed by atoms with E-state index in [9.17, 15) is 48.3 Å². The molecule has 8 N–H and O–H groups in total. The van der Waals surface area contributed by atoms with E-state index in [1.54, 1.807) is 6.20 Å². The van der Waals surface area contributed by atoms with Gasteiger partial charge in [-0.2, -0.15) is 0 Å². The summed E-state index contributed by atoms with van der Waals surface area (Å²) in [5, 5.41) is 26.2. The molecule has 0 saturated heterocycles. The monoisotopic (exact) mass is 1050 g/mol. The second kappa shape index (κ2) is 45.4. The molecule has 0 saturated carbocycles. The van der Waals surface area contributed by atoms with Crippen molar-refractivity contribution >= 4 is 52.8 Å². The Morgan fingerprint density at radius 2 is 1.12 bits per heavy atom. The molecular formula is C53H90N6O15. The van der Waals surface area contributed by atoms with Gasteiger partial charge >= 0.3 is 11.9 Å². The van der Waals surface area contributed by atoms with Crippen molar-refractivity contribution in [2.24, 2.45) is 11.7 Å². The van der Waals surface area contributed by atoms with Gasteiger partial charge in [-0.15, -0.1) is 0 Å². The molecule has 1 aromatic rings. The lowest BCUT2D eigenvalue weighted by Crippen LogP contribution is -2.41. The van der Waals surface area contributed by atoms with E-state index in [0.29, 0.717) is 45.3 Å². The fourth-order valence-corrected chi connectivity index (χ4v) is 7.91. The Labute approximate surface area is 438 Å². The summed E-state index contributed by atoms with van der Waals surface area (Å²) in [6.07, 6.45) is 21.4. The maximum absolute atomic E-state index is 12.8. The highest BCUT2D eigenvalue weighted by Crippen LogP contribution is 2.19. The number of aromatic amines is 1. The maximum Gasteiger partial charge on any atom is 0.326 e. The van der Waals surface area contributed by atoms with E-state index in [-0.39, 0.29) is 151 Å². The number of ketones is 4. The van der Waals surface area contributed by atoms with Crippen molar-refractivity contribution in [3.8, 4) is 0 Å². The van der Waals surface area contributed by atoms with Crippen LogP contribution in [0.4, 0.5) is 0 Å². The Kier molecular flexibility index (Phi) is 41.2. The van der Waals surface area contributed by atoms with Crippen LogP contribution in [0.3, 0.4) is 0 Å². The number of H-pyrrole nitrogens is 1. The van der Waals surface area contributed by atoms with Crippen LogP contribution in [-0.2, 0) is 68.5 Å². The lowest BCUT2D eigenvalue weighted by molar-refractivity contribution is -0.142. The van der Waals surface area contributed by atoms with E-state index in [2.05, 4.69) is 25.9 Å². The number of nitrogens with one attached hydrogen (secondary N) is 4. The summed E-state index contributed by atoms with van der Waals surface area (Å²) < 4.78 is 21.6. The molecule has 1 heterocycles. The number of Topliss-reactive ketones (excluding diaryl/α,β-unsaturated/α-hetero) is 4. The second-order valence-electron chi connectivity index (χ2n) is 18.9. The lowest BCUT2D eigenvalue weighted by Gasteiger charge is -2.17. The van der Waals surface area contributed by atoms with Crippen LogP contribution in [0.5, 0.6) is 0 Å². The lowest BCUT2D eigenvalue weighted by atomic mass is 9.87. The van der Waals surface area contributed by atoms with Gasteiger partial charge in [0, 0.05) is 88.9 Å². The molecule has 21 heteroatoms. The summed E-state index contributed by atoms with van der Waals surface area (Å²) in [4.78, 5) is 115. The first-order valence-electron chi connectivity index (χ1n) is 27.1. The summed E-state index contributed by atoms with van der Waals surface area (Å²) in [6.45, 7) is 2.95. The summed E-state index contributed by atoms with van der Waals surface area (Å²) in [5.74, 6) is -4.01. The maximum atomic E-state index is 12.8. The minimum Gasteiger partial charge on any atom is -0.481 e. The van der Waals surface area contributed by atoms with E-state index < -0.39 is 29.9 Å². The first-order valence-corrected chi connectivity index (χ1v) is 27.1. The van der Waals surface area contributed by atoms with Crippen molar-refractivity contribution in [1.82, 2.24) is 25.9 Å². The first kappa shape index (κ1) is 67.1. The van der Waals surface area contributed by atoms with Crippen molar-refractivity contribution in [3.63, 3.8) is 0 Å². The fraction of sp³-hybridized carbons (Fsp3) is 0.774. The number of rotatable bonds is 53. The molecular weight excluding hydrogens is 961 g/mol. The number of carboxylic acid groups (broad SMARTS) is 2. The number of aliphatic carboxylic acids is 2. The molecule has 3 amide bonds. The molecule has 0 aromatic carbocycles. The number of nitrogens with two attached hydrogens (primary N) is 1. The fourth-order valence-electron chi connectivity index (χ4n) is 7.91. The molecule has 0 spiro atoms. The van der Waals surface area contributed by atoms with Crippen LogP contribution >= 0.6 is 0 Å². The SMILES string of the molecule is CC(=O)CCC(=O)[C@H](CCCCNC(=O)COCCOCCNC(=O)COCCOCCCC(=O)CC[C@H](NC(=O)CCCCCCCCCCCCCCCCC(=O)O)C(=O)O)CC(=O)[C@@H](N)Cc1cnc[nH]1. The van der Waals surface area contributed by atoms with Gasteiger partial charge < -0.3 is 60.6 Å². The smallest absolute Gasteiger partial charge is 0.326 e. The number of aromatic nitrogens is 2. The van der Waals surface area contributed by atoms with Gasteiger partial charge in [0.1, 0.15) is 36.6 Å². The van der Waals surface area contributed by atoms with Crippen molar-refractivity contribution < 1.29 is 72.3 Å². The Bertz CT molecular complexity index is 1730. The number of unbranched alkanes of at least 4 members (excludes halogenated alkanes) is 14. The van der Waals surface area contributed by atoms with Crippen LogP contribution in [0.25, 0.3) is 0 Å². The van der Waals surface area contributed by atoms with E-state index in [0.717, 1.165) is 50.6 Å². The van der Waals surface area contributed by atoms with E-state index >= 15 is 0 Å². The number of carbonyl (C=O) groups excluding carboxylic acids is 7. The molecule has 74 heavy (non-hydrogen) atoms. The molecule has 422 valence electrons. The van der Waals surface area contributed by atoms with Crippen LogP contribution in [0, 0.1) is 5.92 Å². The largest absolute Gasteiger partial charge is 0.481 e. The zero-order valence-corrected chi connectivity index (χ0v) is 44.3. The Morgan fingerprint density at radius 1 is 0.568 bits per heavy atom. The quantitative estimate of drug-likeness (QED) is 0.0408. The minimum absolute atomic E-state index is 0.0103. The Morgan fingerprint density at radius 3 is 1.68 bits per heavy atom. The van der Waals surface area contributed by atoms with E-state index in [4.69, 9.17) is 29.8 Å². The molecule has 0 aliphatic carbocycles. The van der Waals surface area contributed by atoms with Gasteiger partial charge in [0.15, 0.2) is 5.78 Å². The number of hydrogen-bond donors (Lipinski definition) is 7. The third-order valence-electron chi connectivity index (χ3n) is 12.2. The Hall–Kier alpha value is -4.96. The molecule has 0 aliphatic rings. The van der Waals surface area contributed by atoms with Crippen LogP contribution in [0.1, 0.15) is 180 Å². The number of carboxylic acids is 2. The standard InChI is InChI=1S/C53H90N6O15/c1-41(60)23-26-47(62)42(35-48(63)45(54)36-43-37-55-40-58-43)19-16-17-27-56-50(65)38-74-34-32-72-30-28-57-51(66)39-73-33-31-71-29-18-20-44(61)24-25-46(53(69)70)59-49(64)21-14-12-10-8-6-4-2-3-5-7-9-11-13-15-22-52(67)68/h37,40,42,45-46H,2-36,38-39,54H2,1H3,(H,55,58)(H,56,65)(H,57,66)(H,59,64)(H,67,68)(H,69,70)/t42-,45+,46+/m1/s1. The third kappa shape index (κ3) is 40.4. The average Bonchev–Trinajstić information content (AvgIpc) is 3.88. The van der Waals surface area contributed by atoms with E-state index in [1.165, 1.54) is 51.8 Å². The van der Waals surface area contributed by atoms with Gasteiger partial charge in [-0.1, -0.05) is 83.5 Å². The highest BCUT2D eigenvalue weighted by molar-refractivity contribution is 5.92. The van der Waals surface area contributed by atoms with Gasteiger partial charge in [-0.25, -0.2) is 9.78 Å². The molecule has 0 radical (unpaired) electrons. The molecule has 0 aliphatic heterocycles. The van der Waals surface area contributed by atoms with Crippen molar-refractivity contribution in [2.75, 3.05) is 65.9 Å². The van der Waals surface area contributed by atoms with Gasteiger partial charge in [0.2, 0.25) is 17.7 Å². The molecule has 21 nitrogen and oxygen atoms in total. The van der Waals surface area contributed by atoms with Crippen molar-refractivity contribution in [2.45, 2.75) is 192 Å². The molecule has 3 atom stereocenters. The van der Waals surface area contributed by atoms with Crippen LogP contribution in [-0.4, -0.2) is 151 Å². The van der Waals surface area contributed by atoms with Crippen LogP contribution in [0.15, 0.2) is 12.5 Å². The zero-order valence-electron chi connectivity index (χ0n) is 44.3. The summed E-state index contributed by atoms with van der Waals surface area (Å²) in [7, 11) is 0. The van der Waals surface area contributed by atoms with Crippen LogP contribution < -0.4 is 21.7 Å². The predicted octanol–water partition coefficient (Wildman–Crippen LogP) is 5.29. The topological polar surface area (TPSA) is 322 Å². The molecule has 0 bridgehead atoms. The molecule has 1 rings (SSSR count). The number of imidazole rings is 1.